The lowest BCUT2D eigenvalue weighted by Crippen LogP contribution is -2.52. The third kappa shape index (κ3) is 2.96. The van der Waals surface area contributed by atoms with Gasteiger partial charge in [-0.25, -0.2) is 0 Å². The van der Waals surface area contributed by atoms with Gasteiger partial charge >= 0.3 is 0 Å². The number of aromatic amines is 1. The molecular formula is C16H22N4O. The van der Waals surface area contributed by atoms with Gasteiger partial charge in [0, 0.05) is 42.9 Å². The third-order valence-corrected chi connectivity index (χ3v) is 4.87. The lowest BCUT2D eigenvalue weighted by atomic mass is 9.74. The fourth-order valence-electron chi connectivity index (χ4n) is 3.70. The van der Waals surface area contributed by atoms with E-state index in [1.54, 1.807) is 0 Å². The molecule has 0 radical (unpaired) electrons. The zero-order chi connectivity index (χ0) is 14.9. The van der Waals surface area contributed by atoms with Gasteiger partial charge in [-0.3, -0.25) is 9.69 Å². The zero-order valence-electron chi connectivity index (χ0n) is 12.5. The molecule has 112 valence electrons. The summed E-state index contributed by atoms with van der Waals surface area (Å²) in [6, 6.07) is 4.17. The Bertz CT molecular complexity index is 574. The largest absolute Gasteiger partial charge is 0.360 e. The lowest BCUT2D eigenvalue weighted by Gasteiger charge is -2.45. The number of aryl methyl sites for hydroxylation is 1. The van der Waals surface area contributed by atoms with Crippen LogP contribution in [-0.4, -0.2) is 35.4 Å². The van der Waals surface area contributed by atoms with Crippen LogP contribution in [0.15, 0.2) is 6.07 Å². The molecule has 1 aromatic rings. The summed E-state index contributed by atoms with van der Waals surface area (Å²) in [7, 11) is 0. The molecule has 3 rings (SSSR count). The van der Waals surface area contributed by atoms with Crippen molar-refractivity contribution in [1.29, 1.82) is 5.26 Å². The van der Waals surface area contributed by atoms with E-state index in [0.29, 0.717) is 6.42 Å². The van der Waals surface area contributed by atoms with Crippen molar-refractivity contribution in [3.63, 3.8) is 0 Å². The Morgan fingerprint density at radius 3 is 3.00 bits per heavy atom. The number of amides is 1. The normalized spacial score (nSPS) is 26.6. The highest BCUT2D eigenvalue weighted by molar-refractivity contribution is 5.76. The molecule has 0 aromatic carbocycles. The van der Waals surface area contributed by atoms with Crippen LogP contribution in [0.25, 0.3) is 0 Å². The van der Waals surface area contributed by atoms with Crippen LogP contribution in [0.1, 0.15) is 42.6 Å². The molecule has 1 amide bonds. The first kappa shape index (κ1) is 14.2. The first-order valence-electron chi connectivity index (χ1n) is 7.68. The average Bonchev–Trinajstić information content (AvgIpc) is 2.82. The highest BCUT2D eigenvalue weighted by atomic mass is 16.1. The van der Waals surface area contributed by atoms with Crippen molar-refractivity contribution in [3.05, 3.63) is 23.0 Å². The third-order valence-electron chi connectivity index (χ3n) is 4.87. The first-order valence-corrected chi connectivity index (χ1v) is 7.68. The number of rotatable bonds is 2. The standard InChI is InChI=1S/C16H22N4O/c1-12-13(8-17)7-14(19-12)9-20-6-2-4-16(11-20)5-3-15(21)18-10-16/h7,19H,2-6,9-11H2,1H3,(H,18,21). The second-order valence-electron chi connectivity index (χ2n) is 6.54. The first-order chi connectivity index (χ1) is 10.1. The van der Waals surface area contributed by atoms with Gasteiger partial charge in [-0.1, -0.05) is 0 Å². The van der Waals surface area contributed by atoms with Crippen LogP contribution in [0, 0.1) is 23.7 Å². The summed E-state index contributed by atoms with van der Waals surface area (Å²) in [4.78, 5) is 17.1. The molecule has 3 heterocycles. The molecule has 2 aliphatic heterocycles. The number of hydrogen-bond acceptors (Lipinski definition) is 3. The Kier molecular flexibility index (Phi) is 3.73. The molecule has 5 heteroatoms. The van der Waals surface area contributed by atoms with Gasteiger partial charge in [0.05, 0.1) is 5.56 Å². The minimum Gasteiger partial charge on any atom is -0.360 e. The Hall–Kier alpha value is -1.80. The van der Waals surface area contributed by atoms with Crippen molar-refractivity contribution in [2.24, 2.45) is 5.41 Å². The summed E-state index contributed by atoms with van der Waals surface area (Å²) in [5.41, 5.74) is 3.05. The fraction of sp³-hybridized carbons (Fsp3) is 0.625. The van der Waals surface area contributed by atoms with Crippen molar-refractivity contribution >= 4 is 5.91 Å². The van der Waals surface area contributed by atoms with E-state index in [2.05, 4.69) is 21.3 Å². The second-order valence-corrected chi connectivity index (χ2v) is 6.54. The number of nitrogens with zero attached hydrogens (tertiary/aromatic N) is 2. The second kappa shape index (κ2) is 5.53. The molecule has 21 heavy (non-hydrogen) atoms. The summed E-state index contributed by atoms with van der Waals surface area (Å²) >= 11 is 0. The Morgan fingerprint density at radius 2 is 2.33 bits per heavy atom. The molecule has 2 aliphatic rings. The Labute approximate surface area is 125 Å². The number of piperidine rings is 2. The van der Waals surface area contributed by atoms with E-state index >= 15 is 0 Å². The van der Waals surface area contributed by atoms with Crippen LogP contribution in [0.3, 0.4) is 0 Å². The number of likely N-dealkylation sites (tertiary alicyclic amines) is 1. The Morgan fingerprint density at radius 1 is 1.48 bits per heavy atom. The van der Waals surface area contributed by atoms with Gasteiger partial charge in [0.15, 0.2) is 0 Å². The number of carbonyl (C=O) groups is 1. The highest BCUT2D eigenvalue weighted by Gasteiger charge is 2.38. The van der Waals surface area contributed by atoms with Gasteiger partial charge in [0.1, 0.15) is 6.07 Å². The van der Waals surface area contributed by atoms with E-state index < -0.39 is 0 Å². The molecule has 2 N–H and O–H groups in total. The molecule has 0 aliphatic carbocycles. The van der Waals surface area contributed by atoms with Crippen molar-refractivity contribution in [2.75, 3.05) is 19.6 Å². The number of nitrogens with one attached hydrogen (secondary N) is 2. The van der Waals surface area contributed by atoms with Crippen LogP contribution < -0.4 is 5.32 Å². The highest BCUT2D eigenvalue weighted by Crippen LogP contribution is 2.36. The molecule has 1 unspecified atom stereocenters. The monoisotopic (exact) mass is 286 g/mol. The summed E-state index contributed by atoms with van der Waals surface area (Å²) < 4.78 is 0. The number of nitriles is 1. The van der Waals surface area contributed by atoms with Gasteiger partial charge in [-0.2, -0.15) is 5.26 Å². The van der Waals surface area contributed by atoms with Crippen molar-refractivity contribution < 1.29 is 4.79 Å². The fourth-order valence-corrected chi connectivity index (χ4v) is 3.70. The van der Waals surface area contributed by atoms with Gasteiger partial charge in [-0.15, -0.1) is 0 Å². The predicted molar refractivity (Wildman–Crippen MR) is 79.4 cm³/mol. The van der Waals surface area contributed by atoms with Gasteiger partial charge in [0.25, 0.3) is 0 Å². The maximum absolute atomic E-state index is 11.4. The number of aromatic nitrogens is 1. The number of H-pyrrole nitrogens is 1. The molecule has 2 fully saturated rings. The minimum atomic E-state index is 0.191. The summed E-state index contributed by atoms with van der Waals surface area (Å²) in [5, 5.41) is 12.1. The van der Waals surface area contributed by atoms with Crippen LogP contribution in [0.4, 0.5) is 0 Å². The zero-order valence-corrected chi connectivity index (χ0v) is 12.5. The van der Waals surface area contributed by atoms with E-state index in [4.69, 9.17) is 5.26 Å². The molecule has 1 spiro atoms. The van der Waals surface area contributed by atoms with Gasteiger partial charge in [0.2, 0.25) is 5.91 Å². The van der Waals surface area contributed by atoms with Crippen molar-refractivity contribution in [1.82, 2.24) is 15.2 Å². The van der Waals surface area contributed by atoms with E-state index in [0.717, 1.165) is 49.6 Å². The molecule has 1 atom stereocenters. The van der Waals surface area contributed by atoms with Gasteiger partial charge in [-0.05, 0) is 38.8 Å². The lowest BCUT2D eigenvalue weighted by molar-refractivity contribution is -0.125. The summed E-state index contributed by atoms with van der Waals surface area (Å²) in [6.45, 7) is 5.74. The Balaban J connectivity index is 1.66. The molecule has 1 aromatic heterocycles. The van der Waals surface area contributed by atoms with Crippen molar-refractivity contribution in [3.8, 4) is 6.07 Å². The van der Waals surface area contributed by atoms with E-state index in [9.17, 15) is 4.79 Å². The number of carbonyl (C=O) groups excluding carboxylic acids is 1. The van der Waals surface area contributed by atoms with Crippen LogP contribution in [0.5, 0.6) is 0 Å². The van der Waals surface area contributed by atoms with E-state index in [-0.39, 0.29) is 11.3 Å². The topological polar surface area (TPSA) is 71.9 Å². The maximum atomic E-state index is 11.4. The van der Waals surface area contributed by atoms with Crippen LogP contribution >= 0.6 is 0 Å². The van der Waals surface area contributed by atoms with Gasteiger partial charge < -0.3 is 10.3 Å². The average molecular weight is 286 g/mol. The molecule has 2 saturated heterocycles. The summed E-state index contributed by atoms with van der Waals surface area (Å²) in [5.74, 6) is 0.191. The molecule has 0 saturated carbocycles. The maximum Gasteiger partial charge on any atom is 0.220 e. The summed E-state index contributed by atoms with van der Waals surface area (Å²) in [6.07, 6.45) is 4.05. The number of hydrogen-bond donors (Lipinski definition) is 2. The predicted octanol–water partition coefficient (Wildman–Crippen LogP) is 1.69. The smallest absolute Gasteiger partial charge is 0.220 e. The van der Waals surface area contributed by atoms with Crippen LogP contribution in [-0.2, 0) is 11.3 Å². The van der Waals surface area contributed by atoms with Crippen molar-refractivity contribution in [2.45, 2.75) is 39.2 Å². The molecule has 5 nitrogen and oxygen atoms in total. The minimum absolute atomic E-state index is 0.191. The van der Waals surface area contributed by atoms with E-state index in [1.165, 1.54) is 12.8 Å². The molecular weight excluding hydrogens is 264 g/mol. The quantitative estimate of drug-likeness (QED) is 0.869. The SMILES string of the molecule is Cc1[nH]c(CN2CCCC3(CCC(=O)NC3)C2)cc1C#N. The van der Waals surface area contributed by atoms with Crippen LogP contribution in [0.2, 0.25) is 0 Å². The molecule has 0 bridgehead atoms. The van der Waals surface area contributed by atoms with E-state index in [1.807, 2.05) is 13.0 Å².